The predicted molar refractivity (Wildman–Crippen MR) is 139 cm³/mol. The number of morpholine rings is 1. The summed E-state index contributed by atoms with van der Waals surface area (Å²) in [5, 5.41) is 19.9. The lowest BCUT2D eigenvalue weighted by atomic mass is 9.95. The SMILES string of the molecule is CC(O)(c1ccc(N2CCN(S(=O)(=O)c3ccccc3S)C[C@@H]2CN2CCOC[C@H]2CO)cc1)C(F)(F)F. The molecule has 2 N–H and O–H groups in total. The summed E-state index contributed by atoms with van der Waals surface area (Å²) in [4.78, 5) is 4.46. The Kier molecular flexibility index (Phi) is 8.67. The molecule has 13 heteroatoms. The molecule has 0 bridgehead atoms. The number of ether oxygens (including phenoxy) is 1. The maximum absolute atomic E-state index is 13.5. The first-order valence-electron chi connectivity index (χ1n) is 12.2. The van der Waals surface area contributed by atoms with Gasteiger partial charge in [0.25, 0.3) is 0 Å². The van der Waals surface area contributed by atoms with Gasteiger partial charge in [0, 0.05) is 43.3 Å². The molecule has 0 aromatic heterocycles. The summed E-state index contributed by atoms with van der Waals surface area (Å²) in [6.07, 6.45) is -4.84. The molecule has 0 aliphatic carbocycles. The van der Waals surface area contributed by atoms with Crippen LogP contribution in [0.3, 0.4) is 0 Å². The number of anilines is 1. The Hall–Kier alpha value is -1.87. The van der Waals surface area contributed by atoms with Crippen molar-refractivity contribution in [1.29, 1.82) is 0 Å². The molecule has 0 amide bonds. The van der Waals surface area contributed by atoms with Crippen LogP contribution in [-0.4, -0.2) is 98.6 Å². The summed E-state index contributed by atoms with van der Waals surface area (Å²) in [5.41, 5.74) is -2.68. The molecule has 3 atom stereocenters. The van der Waals surface area contributed by atoms with Crippen LogP contribution >= 0.6 is 12.6 Å². The third-order valence-corrected chi connectivity index (χ3v) is 9.71. The van der Waals surface area contributed by atoms with E-state index in [1.54, 1.807) is 18.2 Å². The Bertz CT molecular complexity index is 1210. The highest BCUT2D eigenvalue weighted by molar-refractivity contribution is 7.90. The number of alkyl halides is 3. The topological polar surface area (TPSA) is 93.6 Å². The number of piperazine rings is 1. The van der Waals surface area contributed by atoms with Crippen LogP contribution in [0.2, 0.25) is 0 Å². The van der Waals surface area contributed by atoms with Gasteiger partial charge in [0.2, 0.25) is 10.0 Å². The number of halogens is 3. The van der Waals surface area contributed by atoms with Gasteiger partial charge < -0.3 is 19.8 Å². The number of aliphatic hydroxyl groups excluding tert-OH is 1. The summed E-state index contributed by atoms with van der Waals surface area (Å²) in [6.45, 7) is 2.95. The van der Waals surface area contributed by atoms with E-state index in [4.69, 9.17) is 4.74 Å². The lowest BCUT2D eigenvalue weighted by Gasteiger charge is -2.46. The number of sulfonamides is 1. The highest BCUT2D eigenvalue weighted by Gasteiger charge is 2.51. The van der Waals surface area contributed by atoms with Gasteiger partial charge in [0.1, 0.15) is 0 Å². The smallest absolute Gasteiger partial charge is 0.395 e. The molecule has 38 heavy (non-hydrogen) atoms. The van der Waals surface area contributed by atoms with Crippen LogP contribution in [0.25, 0.3) is 0 Å². The summed E-state index contributed by atoms with van der Waals surface area (Å²) in [6, 6.07) is 11.3. The standard InChI is InChI=1S/C25H32F3N3O5S2/c1-24(33,25(26,27)28)18-6-8-19(9-7-18)31-11-10-30(38(34,35)23-5-3-2-4-22(23)37)15-20(31)14-29-12-13-36-17-21(29)16-32/h2-9,20-21,32-33,37H,10-17H2,1H3/t20-,21+,24?/m0/s1. The predicted octanol–water partition coefficient (Wildman–Crippen LogP) is 2.32. The van der Waals surface area contributed by atoms with Crippen LogP contribution in [0.5, 0.6) is 0 Å². The third kappa shape index (κ3) is 5.83. The van der Waals surface area contributed by atoms with Crippen LogP contribution in [0.1, 0.15) is 12.5 Å². The van der Waals surface area contributed by atoms with Gasteiger partial charge in [-0.25, -0.2) is 8.42 Å². The molecule has 0 spiro atoms. The molecular weight excluding hydrogens is 543 g/mol. The minimum atomic E-state index is -4.84. The van der Waals surface area contributed by atoms with Gasteiger partial charge in [-0.15, -0.1) is 12.6 Å². The van der Waals surface area contributed by atoms with E-state index in [-0.39, 0.29) is 42.2 Å². The first-order valence-corrected chi connectivity index (χ1v) is 14.1. The highest BCUT2D eigenvalue weighted by atomic mass is 32.2. The minimum absolute atomic E-state index is 0.105. The normalized spacial score (nSPS) is 23.8. The van der Waals surface area contributed by atoms with Gasteiger partial charge in [-0.05, 0) is 36.8 Å². The van der Waals surface area contributed by atoms with Gasteiger partial charge in [-0.1, -0.05) is 24.3 Å². The lowest BCUT2D eigenvalue weighted by Crippen LogP contribution is -2.61. The number of hydrogen-bond acceptors (Lipinski definition) is 8. The second kappa shape index (κ2) is 11.3. The van der Waals surface area contributed by atoms with Crippen molar-refractivity contribution in [3.8, 4) is 0 Å². The largest absolute Gasteiger partial charge is 0.421 e. The van der Waals surface area contributed by atoms with E-state index in [0.29, 0.717) is 50.4 Å². The van der Waals surface area contributed by atoms with Crippen LogP contribution < -0.4 is 4.90 Å². The fraction of sp³-hybridized carbons (Fsp3) is 0.520. The van der Waals surface area contributed by atoms with Crippen molar-refractivity contribution < 1.29 is 36.5 Å². The number of nitrogens with zero attached hydrogens (tertiary/aromatic N) is 3. The lowest BCUT2D eigenvalue weighted by molar-refractivity contribution is -0.258. The zero-order valence-corrected chi connectivity index (χ0v) is 22.6. The summed E-state index contributed by atoms with van der Waals surface area (Å²) in [7, 11) is -3.85. The Morgan fingerprint density at radius 1 is 1.05 bits per heavy atom. The molecule has 4 rings (SSSR count). The Labute approximate surface area is 226 Å². The Balaban J connectivity index is 1.63. The summed E-state index contributed by atoms with van der Waals surface area (Å²) < 4.78 is 73.9. The van der Waals surface area contributed by atoms with Crippen molar-refractivity contribution in [3.05, 3.63) is 54.1 Å². The van der Waals surface area contributed by atoms with Gasteiger partial charge in [-0.2, -0.15) is 17.5 Å². The molecule has 1 unspecified atom stereocenters. The fourth-order valence-corrected chi connectivity index (χ4v) is 6.92. The fourth-order valence-electron chi connectivity index (χ4n) is 4.87. The summed E-state index contributed by atoms with van der Waals surface area (Å²) >= 11 is 4.32. The molecule has 2 aliphatic rings. The van der Waals surface area contributed by atoms with Crippen LogP contribution in [-0.2, 0) is 20.4 Å². The number of hydrogen-bond donors (Lipinski definition) is 3. The average Bonchev–Trinajstić information content (AvgIpc) is 2.88. The van der Waals surface area contributed by atoms with Gasteiger partial charge in [-0.3, -0.25) is 4.90 Å². The average molecular weight is 576 g/mol. The quantitative estimate of drug-likeness (QED) is 0.437. The first kappa shape index (κ1) is 29.1. The van der Waals surface area contributed by atoms with Crippen molar-refractivity contribution in [2.75, 3.05) is 57.4 Å². The van der Waals surface area contributed by atoms with Crippen molar-refractivity contribution >= 4 is 28.3 Å². The van der Waals surface area contributed by atoms with Crippen molar-refractivity contribution in [2.45, 2.75) is 40.6 Å². The Morgan fingerprint density at radius 2 is 1.74 bits per heavy atom. The van der Waals surface area contributed by atoms with Crippen molar-refractivity contribution in [2.24, 2.45) is 0 Å². The molecule has 2 heterocycles. The molecule has 8 nitrogen and oxygen atoms in total. The third-order valence-electron chi connectivity index (χ3n) is 7.25. The highest BCUT2D eigenvalue weighted by Crippen LogP contribution is 2.39. The molecule has 2 saturated heterocycles. The number of aliphatic hydroxyl groups is 2. The minimum Gasteiger partial charge on any atom is -0.395 e. The first-order chi connectivity index (χ1) is 17.9. The number of thiol groups is 1. The number of rotatable bonds is 7. The maximum Gasteiger partial charge on any atom is 0.421 e. The van der Waals surface area contributed by atoms with E-state index in [1.807, 2.05) is 9.80 Å². The van der Waals surface area contributed by atoms with E-state index in [9.17, 15) is 31.8 Å². The van der Waals surface area contributed by atoms with Gasteiger partial charge >= 0.3 is 6.18 Å². The molecule has 2 aromatic rings. The monoisotopic (exact) mass is 575 g/mol. The molecule has 0 radical (unpaired) electrons. The molecule has 2 aliphatic heterocycles. The zero-order valence-electron chi connectivity index (χ0n) is 20.9. The molecule has 2 fully saturated rings. The van der Waals surface area contributed by atoms with E-state index in [0.717, 1.165) is 0 Å². The van der Waals surface area contributed by atoms with E-state index >= 15 is 0 Å². The molecule has 0 saturated carbocycles. The van der Waals surface area contributed by atoms with Crippen molar-refractivity contribution in [1.82, 2.24) is 9.21 Å². The van der Waals surface area contributed by atoms with Crippen LogP contribution in [0.15, 0.2) is 58.3 Å². The van der Waals surface area contributed by atoms with Crippen molar-refractivity contribution in [3.63, 3.8) is 0 Å². The van der Waals surface area contributed by atoms with Gasteiger partial charge in [0.05, 0.1) is 36.8 Å². The van der Waals surface area contributed by atoms with E-state index in [2.05, 4.69) is 12.6 Å². The zero-order chi connectivity index (χ0) is 27.7. The Morgan fingerprint density at radius 3 is 2.37 bits per heavy atom. The van der Waals surface area contributed by atoms with E-state index < -0.39 is 21.8 Å². The molecule has 2 aromatic carbocycles. The van der Waals surface area contributed by atoms with Gasteiger partial charge in [0.15, 0.2) is 5.60 Å². The second-order valence-electron chi connectivity index (χ2n) is 9.70. The van der Waals surface area contributed by atoms with E-state index in [1.165, 1.54) is 34.6 Å². The summed E-state index contributed by atoms with van der Waals surface area (Å²) in [5.74, 6) is 0. The second-order valence-corrected chi connectivity index (χ2v) is 12.1. The number of benzene rings is 2. The molecular formula is C25H32F3N3O5S2. The van der Waals surface area contributed by atoms with Crippen LogP contribution in [0.4, 0.5) is 18.9 Å². The van der Waals surface area contributed by atoms with Crippen LogP contribution in [0, 0.1) is 0 Å². The maximum atomic E-state index is 13.5. The molecule has 210 valence electrons.